The highest BCUT2D eigenvalue weighted by atomic mass is 19.4. The second-order valence-electron chi connectivity index (χ2n) is 8.60. The molecule has 2 heterocycles. The summed E-state index contributed by atoms with van der Waals surface area (Å²) in [6.45, 7) is 7.10. The quantitative estimate of drug-likeness (QED) is 0.488. The van der Waals surface area contributed by atoms with Gasteiger partial charge in [-0.1, -0.05) is 36.8 Å². The Morgan fingerprint density at radius 1 is 0.892 bits per heavy atom. The van der Waals surface area contributed by atoms with E-state index < -0.39 is 24.3 Å². The van der Waals surface area contributed by atoms with Crippen molar-refractivity contribution in [2.75, 3.05) is 32.7 Å². The Bertz CT molecular complexity index is 961. The first-order valence-electron chi connectivity index (χ1n) is 11.4. The van der Waals surface area contributed by atoms with Crippen molar-refractivity contribution in [1.82, 2.24) is 19.8 Å². The third-order valence-corrected chi connectivity index (χ3v) is 5.76. The minimum absolute atomic E-state index is 0.976. The van der Waals surface area contributed by atoms with E-state index in [0.29, 0.717) is 0 Å². The molecule has 2 fully saturated rings. The Kier molecular flexibility index (Phi) is 10.9. The average molecular weight is 538 g/mol. The van der Waals surface area contributed by atoms with Gasteiger partial charge < -0.3 is 20.1 Å². The number of nitrogens with one attached hydrogen (secondary N) is 1. The Hall–Kier alpha value is -3.13. The van der Waals surface area contributed by atoms with Crippen LogP contribution in [0.25, 0.3) is 11.4 Å². The number of aromatic amines is 1. The van der Waals surface area contributed by atoms with Crippen LogP contribution in [0.2, 0.25) is 0 Å². The molecule has 0 spiro atoms. The lowest BCUT2D eigenvalue weighted by molar-refractivity contribution is -0.193. The van der Waals surface area contributed by atoms with Crippen molar-refractivity contribution in [3.8, 4) is 11.4 Å². The number of piperazine rings is 1. The van der Waals surface area contributed by atoms with Crippen LogP contribution in [0.1, 0.15) is 25.0 Å². The lowest BCUT2D eigenvalue weighted by atomic mass is 9.85. The lowest BCUT2D eigenvalue weighted by Crippen LogP contribution is -2.47. The van der Waals surface area contributed by atoms with Crippen molar-refractivity contribution in [1.29, 1.82) is 0 Å². The van der Waals surface area contributed by atoms with Gasteiger partial charge >= 0.3 is 24.3 Å². The van der Waals surface area contributed by atoms with Gasteiger partial charge in [-0.05, 0) is 18.8 Å². The molecule has 0 bridgehead atoms. The zero-order valence-corrected chi connectivity index (χ0v) is 19.7. The molecule has 0 atom stereocenters. The van der Waals surface area contributed by atoms with Crippen LogP contribution >= 0.6 is 0 Å². The fraction of sp³-hybridized carbons (Fsp3) is 0.522. The van der Waals surface area contributed by atoms with Crippen LogP contribution in [-0.4, -0.2) is 87.0 Å². The standard InChI is InChI=1S/C19H26N4.2C2HF3O2/c1-2-7-17(8-3-1)19-20-13-18(21-19)15-23-11-9-22(10-12-23)14-16-5-4-6-16;2*3-2(4,5)1(6)7/h1-3,7-8,13,16H,4-6,9-12,14-15H2,(H,20,21);2*(H,6,7). The van der Waals surface area contributed by atoms with Crippen molar-refractivity contribution < 1.29 is 46.1 Å². The van der Waals surface area contributed by atoms with E-state index in [1.54, 1.807) is 0 Å². The zero-order chi connectivity index (χ0) is 27.6. The van der Waals surface area contributed by atoms with Gasteiger partial charge in [0, 0.05) is 56.7 Å². The van der Waals surface area contributed by atoms with Gasteiger partial charge in [0.1, 0.15) is 5.82 Å². The molecule has 206 valence electrons. The fourth-order valence-corrected chi connectivity index (χ4v) is 3.59. The average Bonchev–Trinajstić information content (AvgIpc) is 3.26. The molecular weight excluding hydrogens is 510 g/mol. The molecule has 4 rings (SSSR count). The third-order valence-electron chi connectivity index (χ3n) is 5.76. The molecule has 1 aliphatic carbocycles. The summed E-state index contributed by atoms with van der Waals surface area (Å²) in [5.41, 5.74) is 2.38. The summed E-state index contributed by atoms with van der Waals surface area (Å²) in [4.78, 5) is 31.0. The number of aromatic nitrogens is 2. The molecule has 0 amide bonds. The molecule has 0 radical (unpaired) electrons. The highest BCUT2D eigenvalue weighted by Crippen LogP contribution is 2.27. The van der Waals surface area contributed by atoms with Crippen molar-refractivity contribution in [3.05, 3.63) is 42.2 Å². The largest absolute Gasteiger partial charge is 0.490 e. The summed E-state index contributed by atoms with van der Waals surface area (Å²) in [5, 5.41) is 14.2. The molecule has 1 saturated carbocycles. The molecule has 2 aliphatic rings. The van der Waals surface area contributed by atoms with Crippen molar-refractivity contribution in [2.45, 2.75) is 38.2 Å². The van der Waals surface area contributed by atoms with Gasteiger partial charge in [-0.2, -0.15) is 26.3 Å². The minimum Gasteiger partial charge on any atom is -0.475 e. The number of hydrogen-bond acceptors (Lipinski definition) is 5. The normalized spacial score (nSPS) is 17.0. The number of hydrogen-bond donors (Lipinski definition) is 3. The molecule has 8 nitrogen and oxygen atoms in total. The number of carboxylic acid groups (broad SMARTS) is 2. The van der Waals surface area contributed by atoms with Gasteiger partial charge in [-0.3, -0.25) is 4.90 Å². The van der Waals surface area contributed by atoms with Gasteiger partial charge in [-0.15, -0.1) is 0 Å². The van der Waals surface area contributed by atoms with Crippen LogP contribution in [-0.2, 0) is 16.1 Å². The summed E-state index contributed by atoms with van der Waals surface area (Å²) < 4.78 is 63.5. The summed E-state index contributed by atoms with van der Waals surface area (Å²) in [7, 11) is 0. The molecule has 14 heteroatoms. The zero-order valence-electron chi connectivity index (χ0n) is 19.7. The summed E-state index contributed by atoms with van der Waals surface area (Å²) in [6.07, 6.45) is -3.81. The van der Waals surface area contributed by atoms with E-state index in [-0.39, 0.29) is 0 Å². The van der Waals surface area contributed by atoms with Gasteiger partial charge in [0.15, 0.2) is 0 Å². The number of carbonyl (C=O) groups is 2. The van der Waals surface area contributed by atoms with E-state index in [9.17, 15) is 26.3 Å². The molecule has 3 N–H and O–H groups in total. The Morgan fingerprint density at radius 3 is 1.81 bits per heavy atom. The fourth-order valence-electron chi connectivity index (χ4n) is 3.59. The molecule has 1 aliphatic heterocycles. The van der Waals surface area contributed by atoms with Crippen molar-refractivity contribution >= 4 is 11.9 Å². The number of benzene rings is 1. The van der Waals surface area contributed by atoms with Gasteiger partial charge in [-0.25, -0.2) is 14.6 Å². The van der Waals surface area contributed by atoms with Gasteiger partial charge in [0.2, 0.25) is 0 Å². The van der Waals surface area contributed by atoms with Crippen LogP contribution in [0.3, 0.4) is 0 Å². The maximum atomic E-state index is 10.6. The Morgan fingerprint density at radius 2 is 1.38 bits per heavy atom. The summed E-state index contributed by atoms with van der Waals surface area (Å²) >= 11 is 0. The molecule has 1 saturated heterocycles. The van der Waals surface area contributed by atoms with E-state index >= 15 is 0 Å². The second-order valence-corrected chi connectivity index (χ2v) is 8.60. The van der Waals surface area contributed by atoms with Gasteiger partial charge in [0.25, 0.3) is 0 Å². The van der Waals surface area contributed by atoms with E-state index in [1.807, 2.05) is 12.3 Å². The molecule has 1 aromatic heterocycles. The van der Waals surface area contributed by atoms with E-state index in [2.05, 4.69) is 44.0 Å². The number of aliphatic carboxylic acids is 2. The lowest BCUT2D eigenvalue weighted by Gasteiger charge is -2.38. The van der Waals surface area contributed by atoms with Crippen LogP contribution in [0, 0.1) is 5.92 Å². The molecule has 2 aromatic rings. The number of carboxylic acids is 2. The highest BCUT2D eigenvalue weighted by Gasteiger charge is 2.38. The van der Waals surface area contributed by atoms with Crippen LogP contribution in [0.15, 0.2) is 36.5 Å². The van der Waals surface area contributed by atoms with Crippen LogP contribution in [0.5, 0.6) is 0 Å². The van der Waals surface area contributed by atoms with Crippen molar-refractivity contribution in [3.63, 3.8) is 0 Å². The number of nitrogens with zero attached hydrogens (tertiary/aromatic N) is 3. The number of imidazole rings is 1. The second kappa shape index (κ2) is 13.4. The first kappa shape index (κ1) is 30.1. The smallest absolute Gasteiger partial charge is 0.475 e. The van der Waals surface area contributed by atoms with Crippen LogP contribution < -0.4 is 0 Å². The maximum absolute atomic E-state index is 10.6. The Labute approximate surface area is 208 Å². The molecule has 37 heavy (non-hydrogen) atoms. The first-order chi connectivity index (χ1) is 17.3. The van der Waals surface area contributed by atoms with E-state index in [0.717, 1.165) is 23.9 Å². The Balaban J connectivity index is 0.000000286. The SMILES string of the molecule is O=C(O)C(F)(F)F.O=C(O)C(F)(F)F.c1ccc(-c2ncc(CN3CCN(CC4CCC4)CC3)[nH]2)cc1. The van der Waals surface area contributed by atoms with E-state index in [1.165, 1.54) is 57.7 Å². The topological polar surface area (TPSA) is 110 Å². The summed E-state index contributed by atoms with van der Waals surface area (Å²) in [5.74, 6) is -3.55. The van der Waals surface area contributed by atoms with Crippen molar-refractivity contribution in [2.24, 2.45) is 5.92 Å². The number of rotatable bonds is 5. The minimum atomic E-state index is -5.08. The third kappa shape index (κ3) is 10.8. The van der Waals surface area contributed by atoms with Gasteiger partial charge in [0.05, 0.1) is 0 Å². The predicted molar refractivity (Wildman–Crippen MR) is 120 cm³/mol. The van der Waals surface area contributed by atoms with E-state index in [4.69, 9.17) is 19.8 Å². The molecular formula is C23H28F6N4O4. The molecule has 0 unspecified atom stereocenters. The number of halogens is 6. The maximum Gasteiger partial charge on any atom is 0.490 e. The monoisotopic (exact) mass is 538 g/mol. The predicted octanol–water partition coefficient (Wildman–Crippen LogP) is 4.26. The first-order valence-corrected chi connectivity index (χ1v) is 11.4. The van der Waals surface area contributed by atoms with Crippen LogP contribution in [0.4, 0.5) is 26.3 Å². The highest BCUT2D eigenvalue weighted by molar-refractivity contribution is 5.73. The number of H-pyrrole nitrogens is 1. The molecule has 1 aromatic carbocycles. The number of alkyl halides is 6. The summed E-state index contributed by atoms with van der Waals surface area (Å²) in [6, 6.07) is 10.3.